The number of hydrogen-bond acceptors (Lipinski definition) is 6. The van der Waals surface area contributed by atoms with Crippen molar-refractivity contribution in [3.8, 4) is 0 Å². The van der Waals surface area contributed by atoms with E-state index >= 15 is 0 Å². The van der Waals surface area contributed by atoms with E-state index in [1.54, 1.807) is 0 Å². The van der Waals surface area contributed by atoms with Gasteiger partial charge in [-0.1, -0.05) is 6.92 Å². The lowest BCUT2D eigenvalue weighted by Gasteiger charge is -2.31. The molecule has 1 saturated heterocycles. The molecule has 1 unspecified atom stereocenters. The average Bonchev–Trinajstić information content (AvgIpc) is 2.46. The van der Waals surface area contributed by atoms with E-state index in [9.17, 15) is 8.42 Å². The van der Waals surface area contributed by atoms with Crippen molar-refractivity contribution in [2.75, 3.05) is 31.6 Å². The Morgan fingerprint density at radius 2 is 2.15 bits per heavy atom. The summed E-state index contributed by atoms with van der Waals surface area (Å²) in [6.45, 7) is 5.81. The smallest absolute Gasteiger partial charge is 0.246 e. The van der Waals surface area contributed by atoms with Gasteiger partial charge in [0, 0.05) is 19.1 Å². The van der Waals surface area contributed by atoms with Crippen LogP contribution in [0.15, 0.2) is 17.3 Å². The zero-order valence-corrected chi connectivity index (χ0v) is 12.6. The molecule has 0 radical (unpaired) electrons. The molecule has 0 spiro atoms. The maximum atomic E-state index is 12.5. The van der Waals surface area contributed by atoms with Crippen molar-refractivity contribution in [2.24, 2.45) is 0 Å². The van der Waals surface area contributed by atoms with Gasteiger partial charge in [-0.3, -0.25) is 0 Å². The van der Waals surface area contributed by atoms with E-state index in [-0.39, 0.29) is 10.9 Å². The number of anilines is 1. The Bertz CT molecular complexity index is 532. The lowest BCUT2D eigenvalue weighted by molar-refractivity contribution is 0.0392. The Labute approximate surface area is 119 Å². The quantitative estimate of drug-likeness (QED) is 0.862. The molecule has 8 heteroatoms. The summed E-state index contributed by atoms with van der Waals surface area (Å²) in [4.78, 5) is 8.20. The lowest BCUT2D eigenvalue weighted by Crippen LogP contribution is -2.46. The highest BCUT2D eigenvalue weighted by Crippen LogP contribution is 2.19. The molecule has 0 aliphatic carbocycles. The molecule has 7 nitrogen and oxygen atoms in total. The van der Waals surface area contributed by atoms with Crippen LogP contribution in [0.4, 0.5) is 5.95 Å². The second kappa shape index (κ2) is 6.47. The fourth-order valence-electron chi connectivity index (χ4n) is 1.98. The van der Waals surface area contributed by atoms with Crippen molar-refractivity contribution in [2.45, 2.75) is 31.2 Å². The Hall–Kier alpha value is -1.25. The Morgan fingerprint density at radius 3 is 2.75 bits per heavy atom. The molecule has 1 fully saturated rings. The number of rotatable bonds is 5. The summed E-state index contributed by atoms with van der Waals surface area (Å²) in [6.07, 6.45) is 3.65. The van der Waals surface area contributed by atoms with Crippen LogP contribution in [0.3, 0.4) is 0 Å². The first-order valence-electron chi connectivity index (χ1n) is 6.71. The molecule has 0 bridgehead atoms. The number of nitrogens with zero attached hydrogens (tertiary/aromatic N) is 3. The maximum Gasteiger partial charge on any atom is 0.246 e. The number of ether oxygens (including phenoxy) is 1. The number of aromatic nitrogens is 2. The normalized spacial score (nSPS) is 20.8. The fraction of sp³-hybridized carbons (Fsp3) is 0.667. The first-order valence-corrected chi connectivity index (χ1v) is 8.15. The van der Waals surface area contributed by atoms with E-state index in [1.165, 1.54) is 16.7 Å². The van der Waals surface area contributed by atoms with E-state index in [2.05, 4.69) is 15.3 Å². The largest absolute Gasteiger partial charge is 0.378 e. The summed E-state index contributed by atoms with van der Waals surface area (Å²) in [5.41, 5.74) is 0. The van der Waals surface area contributed by atoms with Crippen LogP contribution in [0.1, 0.15) is 20.3 Å². The SMILES string of the molecule is CCCNc1ncc(S(=O)(=O)N2CCOCC2C)cn1. The van der Waals surface area contributed by atoms with Crippen molar-refractivity contribution < 1.29 is 13.2 Å². The van der Waals surface area contributed by atoms with Crippen molar-refractivity contribution >= 4 is 16.0 Å². The minimum absolute atomic E-state index is 0.119. The third-order valence-corrected chi connectivity index (χ3v) is 5.04. The predicted molar refractivity (Wildman–Crippen MR) is 75.0 cm³/mol. The first-order chi connectivity index (χ1) is 9.55. The van der Waals surface area contributed by atoms with Gasteiger partial charge >= 0.3 is 0 Å². The van der Waals surface area contributed by atoms with Crippen molar-refractivity contribution in [1.29, 1.82) is 0 Å². The van der Waals surface area contributed by atoms with E-state index in [0.29, 0.717) is 25.7 Å². The molecule has 112 valence electrons. The molecule has 0 aromatic carbocycles. The zero-order chi connectivity index (χ0) is 14.6. The van der Waals surface area contributed by atoms with Gasteiger partial charge in [-0.15, -0.1) is 0 Å². The average molecular weight is 300 g/mol. The third kappa shape index (κ3) is 3.25. The highest BCUT2D eigenvalue weighted by Gasteiger charge is 2.31. The van der Waals surface area contributed by atoms with Crippen LogP contribution in [0.5, 0.6) is 0 Å². The highest BCUT2D eigenvalue weighted by atomic mass is 32.2. The van der Waals surface area contributed by atoms with Gasteiger partial charge in [0.1, 0.15) is 4.90 Å². The molecule has 1 atom stereocenters. The van der Waals surface area contributed by atoms with Gasteiger partial charge in [-0.05, 0) is 13.3 Å². The van der Waals surface area contributed by atoms with Gasteiger partial charge in [-0.2, -0.15) is 4.31 Å². The molecule has 20 heavy (non-hydrogen) atoms. The number of sulfonamides is 1. The van der Waals surface area contributed by atoms with Gasteiger partial charge in [-0.25, -0.2) is 18.4 Å². The van der Waals surface area contributed by atoms with Gasteiger partial charge in [0.05, 0.1) is 25.6 Å². The van der Waals surface area contributed by atoms with Crippen LogP contribution in [0.25, 0.3) is 0 Å². The predicted octanol–water partition coefficient (Wildman–Crippen LogP) is 0.708. The summed E-state index contributed by atoms with van der Waals surface area (Å²) in [5, 5.41) is 3.01. The van der Waals surface area contributed by atoms with Gasteiger partial charge in [0.25, 0.3) is 0 Å². The van der Waals surface area contributed by atoms with Crippen LogP contribution >= 0.6 is 0 Å². The Kier molecular flexibility index (Phi) is 4.90. The highest BCUT2D eigenvalue weighted by molar-refractivity contribution is 7.89. The number of nitrogens with one attached hydrogen (secondary N) is 1. The maximum absolute atomic E-state index is 12.5. The second-order valence-electron chi connectivity index (χ2n) is 4.71. The first kappa shape index (κ1) is 15.1. The molecule has 2 rings (SSSR count). The van der Waals surface area contributed by atoms with Crippen molar-refractivity contribution in [3.63, 3.8) is 0 Å². The molecule has 1 aliphatic heterocycles. The minimum Gasteiger partial charge on any atom is -0.378 e. The summed E-state index contributed by atoms with van der Waals surface area (Å²) < 4.78 is 31.7. The van der Waals surface area contributed by atoms with E-state index in [0.717, 1.165) is 13.0 Å². The number of hydrogen-bond donors (Lipinski definition) is 1. The molecule has 1 N–H and O–H groups in total. The Morgan fingerprint density at radius 1 is 1.45 bits per heavy atom. The zero-order valence-electron chi connectivity index (χ0n) is 11.7. The van der Waals surface area contributed by atoms with Gasteiger partial charge < -0.3 is 10.1 Å². The molecule has 0 amide bonds. The van der Waals surface area contributed by atoms with E-state index in [1.807, 2.05) is 13.8 Å². The molecular weight excluding hydrogens is 280 g/mol. The van der Waals surface area contributed by atoms with Gasteiger partial charge in [0.15, 0.2) is 0 Å². The van der Waals surface area contributed by atoms with Crippen LogP contribution in [0, 0.1) is 0 Å². The number of morpholine rings is 1. The van der Waals surface area contributed by atoms with E-state index in [4.69, 9.17) is 4.74 Å². The van der Waals surface area contributed by atoms with Gasteiger partial charge in [0.2, 0.25) is 16.0 Å². The van der Waals surface area contributed by atoms with E-state index < -0.39 is 10.0 Å². The fourth-order valence-corrected chi connectivity index (χ4v) is 3.47. The van der Waals surface area contributed by atoms with Crippen molar-refractivity contribution in [1.82, 2.24) is 14.3 Å². The van der Waals surface area contributed by atoms with Crippen LogP contribution < -0.4 is 5.32 Å². The topological polar surface area (TPSA) is 84.4 Å². The molecule has 1 aromatic rings. The molecule has 0 saturated carbocycles. The van der Waals surface area contributed by atoms with Crippen LogP contribution in [-0.4, -0.2) is 55.0 Å². The summed E-state index contributed by atoms with van der Waals surface area (Å²) >= 11 is 0. The van der Waals surface area contributed by atoms with Crippen LogP contribution in [-0.2, 0) is 14.8 Å². The minimum atomic E-state index is -3.55. The molecule has 2 heterocycles. The molecule has 1 aliphatic rings. The molecular formula is C12H20N4O3S. The third-order valence-electron chi connectivity index (χ3n) is 3.07. The summed E-state index contributed by atoms with van der Waals surface area (Å²) in [6, 6.07) is -0.174. The Balaban J connectivity index is 2.16. The summed E-state index contributed by atoms with van der Waals surface area (Å²) in [5.74, 6) is 0.445. The molecule has 1 aromatic heterocycles. The second-order valence-corrected chi connectivity index (χ2v) is 6.60. The lowest BCUT2D eigenvalue weighted by atomic mass is 10.3. The monoisotopic (exact) mass is 300 g/mol. The standard InChI is InChI=1S/C12H20N4O3S/c1-3-4-13-12-14-7-11(8-15-12)20(17,18)16-5-6-19-9-10(16)2/h7-8,10H,3-6,9H2,1-2H3,(H,13,14,15). The van der Waals surface area contributed by atoms with Crippen molar-refractivity contribution in [3.05, 3.63) is 12.4 Å². The van der Waals surface area contributed by atoms with Crippen LogP contribution in [0.2, 0.25) is 0 Å². The summed E-state index contributed by atoms with van der Waals surface area (Å²) in [7, 11) is -3.55.